The molecule has 1 N–H and O–H groups in total. The Bertz CT molecular complexity index is 573. The zero-order chi connectivity index (χ0) is 13.9. The fraction of sp³-hybridized carbons (Fsp3) is 0.529. The van der Waals surface area contributed by atoms with Crippen molar-refractivity contribution in [1.29, 1.82) is 0 Å². The van der Waals surface area contributed by atoms with E-state index in [1.54, 1.807) is 23.5 Å². The molecule has 1 aliphatic rings. The fourth-order valence-corrected chi connectivity index (χ4v) is 4.06. The highest BCUT2D eigenvalue weighted by atomic mass is 32.1. The van der Waals surface area contributed by atoms with E-state index in [1.807, 2.05) is 6.07 Å². The topological polar surface area (TPSA) is 12.0 Å². The van der Waals surface area contributed by atoms with Gasteiger partial charge in [-0.3, -0.25) is 0 Å². The molecule has 1 heterocycles. The van der Waals surface area contributed by atoms with Crippen LogP contribution < -0.4 is 5.32 Å². The van der Waals surface area contributed by atoms with E-state index >= 15 is 0 Å². The van der Waals surface area contributed by atoms with Crippen molar-refractivity contribution in [3.8, 4) is 0 Å². The number of fused-ring (bicyclic) bond motifs is 1. The van der Waals surface area contributed by atoms with Gasteiger partial charge in [0.2, 0.25) is 0 Å². The quantitative estimate of drug-likeness (QED) is 0.764. The van der Waals surface area contributed by atoms with Crippen LogP contribution >= 0.6 is 11.3 Å². The molecular weight excluding hydrogens is 269 g/mol. The minimum Gasteiger partial charge on any atom is -0.309 e. The second-order valence-electron chi connectivity index (χ2n) is 5.87. The van der Waals surface area contributed by atoms with Gasteiger partial charge in [-0.15, -0.1) is 11.3 Å². The first kappa shape index (κ1) is 14.0. The minimum absolute atomic E-state index is 0.136. The van der Waals surface area contributed by atoms with Crippen molar-refractivity contribution in [2.45, 2.75) is 45.1 Å². The molecule has 0 spiro atoms. The standard InChI is InChI=1S/C17H22FNS/c1-2-8-19-15(9-12-4-3-5-12)17-10-13-6-7-14(18)11-16(13)20-17/h6-7,10-12,15,19H,2-5,8-9H2,1H3. The van der Waals surface area contributed by atoms with Crippen molar-refractivity contribution < 1.29 is 4.39 Å². The number of halogens is 1. The average molecular weight is 291 g/mol. The first-order chi connectivity index (χ1) is 9.76. The molecule has 1 aliphatic carbocycles. The van der Waals surface area contributed by atoms with Crippen LogP contribution in [0.1, 0.15) is 49.9 Å². The van der Waals surface area contributed by atoms with Gasteiger partial charge in [-0.2, -0.15) is 0 Å². The summed E-state index contributed by atoms with van der Waals surface area (Å²) in [5.41, 5.74) is 0. The maximum atomic E-state index is 13.3. The van der Waals surface area contributed by atoms with E-state index in [0.29, 0.717) is 6.04 Å². The first-order valence-electron chi connectivity index (χ1n) is 7.68. The van der Waals surface area contributed by atoms with Crippen LogP contribution in [0, 0.1) is 11.7 Å². The summed E-state index contributed by atoms with van der Waals surface area (Å²) in [6, 6.07) is 7.79. The third-order valence-corrected chi connectivity index (χ3v) is 5.49. The normalized spacial score (nSPS) is 17.3. The number of thiophene rings is 1. The molecule has 3 rings (SSSR count). The molecule has 1 fully saturated rings. The van der Waals surface area contributed by atoms with Gasteiger partial charge >= 0.3 is 0 Å². The van der Waals surface area contributed by atoms with Gasteiger partial charge in [0.05, 0.1) is 0 Å². The molecule has 0 aliphatic heterocycles. The Kier molecular flexibility index (Phi) is 4.37. The second-order valence-corrected chi connectivity index (χ2v) is 6.99. The predicted octanol–water partition coefficient (Wildman–Crippen LogP) is 5.27. The lowest BCUT2D eigenvalue weighted by Crippen LogP contribution is -2.26. The van der Waals surface area contributed by atoms with Gasteiger partial charge in [-0.25, -0.2) is 4.39 Å². The van der Waals surface area contributed by atoms with Crippen molar-refractivity contribution in [3.63, 3.8) is 0 Å². The Morgan fingerprint density at radius 2 is 2.20 bits per heavy atom. The van der Waals surface area contributed by atoms with Crippen LogP contribution in [0.2, 0.25) is 0 Å². The second kappa shape index (κ2) is 6.23. The number of hydrogen-bond donors (Lipinski definition) is 1. The Hall–Kier alpha value is -0.930. The fourth-order valence-electron chi connectivity index (χ4n) is 2.88. The van der Waals surface area contributed by atoms with Gasteiger partial charge in [0.25, 0.3) is 0 Å². The molecule has 20 heavy (non-hydrogen) atoms. The van der Waals surface area contributed by atoms with Gasteiger partial charge in [-0.1, -0.05) is 32.3 Å². The van der Waals surface area contributed by atoms with Crippen LogP contribution in [-0.4, -0.2) is 6.54 Å². The molecule has 1 atom stereocenters. The van der Waals surface area contributed by atoms with Gasteiger partial charge in [0, 0.05) is 15.6 Å². The summed E-state index contributed by atoms with van der Waals surface area (Å²) < 4.78 is 14.4. The zero-order valence-corrected chi connectivity index (χ0v) is 12.8. The lowest BCUT2D eigenvalue weighted by atomic mass is 9.80. The van der Waals surface area contributed by atoms with E-state index in [-0.39, 0.29) is 5.82 Å². The van der Waals surface area contributed by atoms with Crippen molar-refractivity contribution in [2.24, 2.45) is 5.92 Å². The zero-order valence-electron chi connectivity index (χ0n) is 12.0. The molecule has 108 valence electrons. The van der Waals surface area contributed by atoms with Crippen molar-refractivity contribution >= 4 is 21.4 Å². The summed E-state index contributed by atoms with van der Waals surface area (Å²) in [5, 5.41) is 4.85. The third kappa shape index (κ3) is 3.04. The Labute approximate surface area is 124 Å². The number of nitrogens with one attached hydrogen (secondary N) is 1. The summed E-state index contributed by atoms with van der Waals surface area (Å²) >= 11 is 1.74. The highest BCUT2D eigenvalue weighted by Crippen LogP contribution is 2.38. The number of benzene rings is 1. The van der Waals surface area contributed by atoms with Gasteiger partial charge < -0.3 is 5.32 Å². The SMILES string of the molecule is CCCNC(CC1CCC1)c1cc2ccc(F)cc2s1. The summed E-state index contributed by atoms with van der Waals surface area (Å²) in [7, 11) is 0. The maximum absolute atomic E-state index is 13.3. The summed E-state index contributed by atoms with van der Waals surface area (Å²) in [6.07, 6.45) is 6.53. The van der Waals surface area contributed by atoms with E-state index in [4.69, 9.17) is 0 Å². The van der Waals surface area contributed by atoms with E-state index in [1.165, 1.54) is 35.9 Å². The molecule has 0 radical (unpaired) electrons. The molecule has 1 aromatic heterocycles. The van der Waals surface area contributed by atoms with E-state index in [9.17, 15) is 4.39 Å². The lowest BCUT2D eigenvalue weighted by Gasteiger charge is -2.29. The van der Waals surface area contributed by atoms with Crippen LogP contribution in [0.3, 0.4) is 0 Å². The third-order valence-electron chi connectivity index (χ3n) is 4.28. The molecule has 0 bridgehead atoms. The Morgan fingerprint density at radius 1 is 1.35 bits per heavy atom. The summed E-state index contributed by atoms with van der Waals surface area (Å²) in [5.74, 6) is 0.745. The van der Waals surface area contributed by atoms with Crippen LogP contribution in [0.15, 0.2) is 24.3 Å². The minimum atomic E-state index is -0.136. The molecule has 1 aromatic carbocycles. The van der Waals surface area contributed by atoms with Crippen molar-refractivity contribution in [3.05, 3.63) is 35.0 Å². The molecule has 0 saturated heterocycles. The highest BCUT2D eigenvalue weighted by Gasteiger charge is 2.23. The maximum Gasteiger partial charge on any atom is 0.124 e. The van der Waals surface area contributed by atoms with E-state index < -0.39 is 0 Å². The monoisotopic (exact) mass is 291 g/mol. The van der Waals surface area contributed by atoms with Crippen LogP contribution in [-0.2, 0) is 0 Å². The first-order valence-corrected chi connectivity index (χ1v) is 8.50. The van der Waals surface area contributed by atoms with Crippen LogP contribution in [0.25, 0.3) is 10.1 Å². The molecule has 2 aromatic rings. The van der Waals surface area contributed by atoms with Crippen molar-refractivity contribution in [2.75, 3.05) is 6.54 Å². The Balaban J connectivity index is 1.82. The average Bonchev–Trinajstić information content (AvgIpc) is 2.79. The molecule has 3 heteroatoms. The van der Waals surface area contributed by atoms with Crippen molar-refractivity contribution in [1.82, 2.24) is 5.32 Å². The van der Waals surface area contributed by atoms with Gasteiger partial charge in [0.1, 0.15) is 5.82 Å². The smallest absolute Gasteiger partial charge is 0.124 e. The number of rotatable bonds is 6. The van der Waals surface area contributed by atoms with Gasteiger partial charge in [0.15, 0.2) is 0 Å². The molecule has 1 saturated carbocycles. The molecule has 1 nitrogen and oxygen atoms in total. The predicted molar refractivity (Wildman–Crippen MR) is 84.8 cm³/mol. The van der Waals surface area contributed by atoms with Crippen LogP contribution in [0.5, 0.6) is 0 Å². The summed E-state index contributed by atoms with van der Waals surface area (Å²) in [4.78, 5) is 1.37. The Morgan fingerprint density at radius 3 is 2.90 bits per heavy atom. The molecule has 1 unspecified atom stereocenters. The largest absolute Gasteiger partial charge is 0.309 e. The molecule has 0 amide bonds. The lowest BCUT2D eigenvalue weighted by molar-refractivity contribution is 0.262. The molecular formula is C17H22FNS. The van der Waals surface area contributed by atoms with E-state index in [0.717, 1.165) is 23.6 Å². The summed E-state index contributed by atoms with van der Waals surface area (Å²) in [6.45, 7) is 3.26. The number of hydrogen-bond acceptors (Lipinski definition) is 2. The van der Waals surface area contributed by atoms with E-state index in [2.05, 4.69) is 18.3 Å². The van der Waals surface area contributed by atoms with Gasteiger partial charge in [-0.05, 0) is 48.9 Å². The van der Waals surface area contributed by atoms with Crippen LogP contribution in [0.4, 0.5) is 4.39 Å². The highest BCUT2D eigenvalue weighted by molar-refractivity contribution is 7.19.